The molecule has 0 radical (unpaired) electrons. The maximum absolute atomic E-state index is 12.5. The molecule has 8 heteroatoms. The van der Waals surface area contributed by atoms with E-state index in [0.717, 1.165) is 22.8 Å². The average molecular weight is 447 g/mol. The Labute approximate surface area is 189 Å². The summed E-state index contributed by atoms with van der Waals surface area (Å²) in [6.07, 6.45) is 0. The van der Waals surface area contributed by atoms with Crippen molar-refractivity contribution in [3.8, 4) is 5.69 Å². The molecule has 162 valence electrons. The number of nitrogens with zero attached hydrogens (tertiary/aromatic N) is 4. The Morgan fingerprint density at radius 1 is 1.06 bits per heavy atom. The predicted octanol–water partition coefficient (Wildman–Crippen LogP) is 4.99. The van der Waals surface area contributed by atoms with Crippen molar-refractivity contribution in [1.82, 2.24) is 14.8 Å². The third-order valence-corrected chi connectivity index (χ3v) is 5.64. The minimum Gasteiger partial charge on any atom is -0.456 e. The second-order valence-corrected chi connectivity index (χ2v) is 8.11. The lowest BCUT2D eigenvalue weighted by Gasteiger charge is -2.17. The molecule has 2 aromatic carbocycles. The average Bonchev–Trinajstić information content (AvgIpc) is 3.38. The van der Waals surface area contributed by atoms with E-state index in [1.165, 1.54) is 23.2 Å². The van der Waals surface area contributed by atoms with Crippen LogP contribution in [0.15, 0.2) is 66.0 Å². The fraction of sp³-hybridized carbons (Fsp3) is 0.167. The van der Waals surface area contributed by atoms with Crippen LogP contribution < -0.4 is 4.90 Å². The van der Waals surface area contributed by atoms with Crippen molar-refractivity contribution in [3.05, 3.63) is 88.7 Å². The molecule has 7 nitrogen and oxygen atoms in total. The van der Waals surface area contributed by atoms with E-state index < -0.39 is 5.97 Å². The van der Waals surface area contributed by atoms with Crippen molar-refractivity contribution in [2.24, 2.45) is 0 Å². The van der Waals surface area contributed by atoms with Crippen molar-refractivity contribution in [2.75, 3.05) is 4.90 Å². The first-order valence-corrected chi connectivity index (χ1v) is 10.9. The standard InChI is InChI=1S/C24H22N4O3S/c1-16-13-17(2)28(26-16)22-11-9-19(10-12-22)23(30)31-14-20-15-32-24(25-20)27(18(3)29)21-7-5-4-6-8-21/h4-13,15H,14H2,1-3H3. The van der Waals surface area contributed by atoms with Crippen molar-refractivity contribution in [3.63, 3.8) is 0 Å². The van der Waals surface area contributed by atoms with Gasteiger partial charge in [0.05, 0.1) is 28.3 Å². The maximum atomic E-state index is 12.5. The first kappa shape index (κ1) is 21.5. The van der Waals surface area contributed by atoms with Gasteiger partial charge in [-0.1, -0.05) is 18.2 Å². The molecular formula is C24H22N4O3S. The van der Waals surface area contributed by atoms with Gasteiger partial charge in [-0.3, -0.25) is 9.69 Å². The van der Waals surface area contributed by atoms with Gasteiger partial charge in [-0.2, -0.15) is 5.10 Å². The Balaban J connectivity index is 1.42. The fourth-order valence-electron chi connectivity index (χ4n) is 3.32. The summed E-state index contributed by atoms with van der Waals surface area (Å²) in [5, 5.41) is 6.76. The van der Waals surface area contributed by atoms with E-state index in [1.54, 1.807) is 17.5 Å². The van der Waals surface area contributed by atoms with Crippen LogP contribution >= 0.6 is 11.3 Å². The van der Waals surface area contributed by atoms with Crippen LogP contribution in [0.3, 0.4) is 0 Å². The van der Waals surface area contributed by atoms with E-state index in [9.17, 15) is 9.59 Å². The second-order valence-electron chi connectivity index (χ2n) is 7.27. The molecule has 0 aliphatic heterocycles. The molecule has 0 spiro atoms. The van der Waals surface area contributed by atoms with E-state index in [1.807, 2.05) is 67.1 Å². The minimum absolute atomic E-state index is 0.0229. The topological polar surface area (TPSA) is 77.3 Å². The van der Waals surface area contributed by atoms with E-state index >= 15 is 0 Å². The number of anilines is 2. The molecule has 2 aromatic heterocycles. The Bertz CT molecular complexity index is 1250. The number of amides is 1. The zero-order valence-corrected chi connectivity index (χ0v) is 18.8. The van der Waals surface area contributed by atoms with E-state index in [0.29, 0.717) is 16.4 Å². The SMILES string of the molecule is CC(=O)N(c1ccccc1)c1nc(COC(=O)c2ccc(-n3nc(C)cc3C)cc2)cs1. The van der Waals surface area contributed by atoms with Crippen LogP contribution in [0.2, 0.25) is 0 Å². The summed E-state index contributed by atoms with van der Waals surface area (Å²) < 4.78 is 7.25. The van der Waals surface area contributed by atoms with Crippen molar-refractivity contribution >= 4 is 34.0 Å². The lowest BCUT2D eigenvalue weighted by molar-refractivity contribution is -0.115. The van der Waals surface area contributed by atoms with Crippen molar-refractivity contribution < 1.29 is 14.3 Å². The van der Waals surface area contributed by atoms with Crippen LogP contribution in [0.4, 0.5) is 10.8 Å². The Hall–Kier alpha value is -3.78. The van der Waals surface area contributed by atoms with Crippen LogP contribution in [0.25, 0.3) is 5.69 Å². The summed E-state index contributed by atoms with van der Waals surface area (Å²) in [5.41, 5.74) is 4.60. The number of benzene rings is 2. The fourth-order valence-corrected chi connectivity index (χ4v) is 4.19. The van der Waals surface area contributed by atoms with E-state index in [-0.39, 0.29) is 12.5 Å². The third kappa shape index (κ3) is 4.60. The van der Waals surface area contributed by atoms with Crippen LogP contribution in [0.1, 0.15) is 34.4 Å². The lowest BCUT2D eigenvalue weighted by atomic mass is 10.2. The molecule has 4 rings (SSSR count). The number of aromatic nitrogens is 3. The number of ether oxygens (including phenoxy) is 1. The number of carbonyl (C=O) groups is 2. The van der Waals surface area contributed by atoms with Crippen molar-refractivity contribution in [1.29, 1.82) is 0 Å². The first-order valence-electron chi connectivity index (χ1n) is 10.0. The number of rotatable bonds is 6. The molecule has 0 saturated carbocycles. The van der Waals surface area contributed by atoms with E-state index in [4.69, 9.17) is 4.74 Å². The van der Waals surface area contributed by atoms with Gasteiger partial charge < -0.3 is 4.74 Å². The summed E-state index contributed by atoms with van der Waals surface area (Å²) in [6, 6.07) is 18.4. The molecule has 0 saturated heterocycles. The number of aryl methyl sites for hydroxylation is 2. The Morgan fingerprint density at radius 3 is 2.41 bits per heavy atom. The van der Waals surface area contributed by atoms with Gasteiger partial charge in [0.25, 0.3) is 0 Å². The zero-order chi connectivity index (χ0) is 22.7. The summed E-state index contributed by atoms with van der Waals surface area (Å²) >= 11 is 1.32. The quantitative estimate of drug-likeness (QED) is 0.390. The highest BCUT2D eigenvalue weighted by molar-refractivity contribution is 7.14. The monoisotopic (exact) mass is 446 g/mol. The van der Waals surface area contributed by atoms with E-state index in [2.05, 4.69) is 10.1 Å². The lowest BCUT2D eigenvalue weighted by Crippen LogP contribution is -2.22. The highest BCUT2D eigenvalue weighted by Gasteiger charge is 2.18. The minimum atomic E-state index is -0.439. The molecule has 0 atom stereocenters. The largest absolute Gasteiger partial charge is 0.456 e. The zero-order valence-electron chi connectivity index (χ0n) is 18.0. The van der Waals surface area contributed by atoms with Gasteiger partial charge in [0.1, 0.15) is 6.61 Å². The number of hydrogen-bond donors (Lipinski definition) is 0. The van der Waals surface area contributed by atoms with Crippen molar-refractivity contribution in [2.45, 2.75) is 27.4 Å². The maximum Gasteiger partial charge on any atom is 0.338 e. The van der Waals surface area contributed by atoms with Gasteiger partial charge in [0.15, 0.2) is 5.13 Å². The number of hydrogen-bond acceptors (Lipinski definition) is 6. The summed E-state index contributed by atoms with van der Waals surface area (Å²) in [7, 11) is 0. The molecule has 2 heterocycles. The summed E-state index contributed by atoms with van der Waals surface area (Å²) in [5.74, 6) is -0.581. The number of thiazole rings is 1. The molecule has 0 N–H and O–H groups in total. The molecule has 0 aliphatic carbocycles. The molecule has 0 bridgehead atoms. The molecular weight excluding hydrogens is 424 g/mol. The summed E-state index contributed by atoms with van der Waals surface area (Å²) in [4.78, 5) is 30.6. The highest BCUT2D eigenvalue weighted by Crippen LogP contribution is 2.29. The highest BCUT2D eigenvalue weighted by atomic mass is 32.1. The molecule has 32 heavy (non-hydrogen) atoms. The third-order valence-electron chi connectivity index (χ3n) is 4.77. The number of para-hydroxylation sites is 1. The van der Waals surface area contributed by atoms with Crippen LogP contribution in [0, 0.1) is 13.8 Å². The molecule has 0 fully saturated rings. The van der Waals surface area contributed by atoms with Gasteiger partial charge in [-0.15, -0.1) is 11.3 Å². The normalized spacial score (nSPS) is 10.7. The Morgan fingerprint density at radius 2 is 1.78 bits per heavy atom. The van der Waals surface area contributed by atoms with Crippen LogP contribution in [-0.4, -0.2) is 26.6 Å². The first-order chi connectivity index (χ1) is 15.4. The Kier molecular flexibility index (Phi) is 6.13. The van der Waals surface area contributed by atoms with Gasteiger partial charge >= 0.3 is 5.97 Å². The van der Waals surface area contributed by atoms with Gasteiger partial charge in [-0.25, -0.2) is 14.5 Å². The molecule has 0 unspecified atom stereocenters. The molecule has 1 amide bonds. The van der Waals surface area contributed by atoms with Crippen LogP contribution in [0.5, 0.6) is 0 Å². The summed E-state index contributed by atoms with van der Waals surface area (Å²) in [6.45, 7) is 5.43. The number of esters is 1. The molecule has 0 aliphatic rings. The van der Waals surface area contributed by atoms with Gasteiger partial charge in [-0.05, 0) is 56.3 Å². The number of carbonyl (C=O) groups excluding carboxylic acids is 2. The molecule has 4 aromatic rings. The van der Waals surface area contributed by atoms with Gasteiger partial charge in [0.2, 0.25) is 5.91 Å². The smallest absolute Gasteiger partial charge is 0.338 e. The van der Waals surface area contributed by atoms with Gasteiger partial charge in [0, 0.05) is 18.0 Å². The van der Waals surface area contributed by atoms with Crippen LogP contribution in [-0.2, 0) is 16.1 Å². The predicted molar refractivity (Wildman–Crippen MR) is 124 cm³/mol. The second kappa shape index (κ2) is 9.15.